The minimum atomic E-state index is -0.193. The van der Waals surface area contributed by atoms with E-state index >= 15 is 0 Å². The zero-order valence-corrected chi connectivity index (χ0v) is 22.8. The van der Waals surface area contributed by atoms with E-state index in [2.05, 4.69) is 52.8 Å². The van der Waals surface area contributed by atoms with Gasteiger partial charge < -0.3 is 4.74 Å². The molecule has 1 atom stereocenters. The molecule has 5 nitrogen and oxygen atoms in total. The summed E-state index contributed by atoms with van der Waals surface area (Å²) in [6.07, 6.45) is 1.73. The van der Waals surface area contributed by atoms with Gasteiger partial charge in [0, 0.05) is 22.6 Å². The number of aryl methyl sites for hydroxylation is 1. The van der Waals surface area contributed by atoms with Crippen molar-refractivity contribution < 1.29 is 9.53 Å². The summed E-state index contributed by atoms with van der Waals surface area (Å²) < 4.78 is 8.43. The summed E-state index contributed by atoms with van der Waals surface area (Å²) in [5.74, 6) is 1.46. The van der Waals surface area contributed by atoms with Gasteiger partial charge in [0.25, 0.3) is 5.91 Å². The van der Waals surface area contributed by atoms with Crippen LogP contribution in [-0.4, -0.2) is 22.9 Å². The molecule has 1 N–H and O–H groups in total. The first kappa shape index (κ1) is 25.1. The van der Waals surface area contributed by atoms with Crippen molar-refractivity contribution in [2.75, 3.05) is 5.75 Å². The number of rotatable bonds is 7. The number of carbonyl (C=O) groups is 1. The number of hydrazone groups is 1. The van der Waals surface area contributed by atoms with Gasteiger partial charge in [-0.2, -0.15) is 5.10 Å². The van der Waals surface area contributed by atoms with Crippen LogP contribution >= 0.6 is 23.1 Å². The molecular weight excluding hydrogens is 523 g/mol. The molecule has 1 aliphatic rings. The number of nitrogens with one attached hydrogen (secondary N) is 1. The van der Waals surface area contributed by atoms with Gasteiger partial charge in [-0.25, -0.2) is 10.4 Å². The topological polar surface area (TPSA) is 63.6 Å². The monoisotopic (exact) mass is 547 g/mol. The molecule has 0 spiro atoms. The minimum Gasteiger partial charge on any atom is -0.456 e. The summed E-state index contributed by atoms with van der Waals surface area (Å²) in [5, 5.41) is 4.40. The predicted molar refractivity (Wildman–Crippen MR) is 160 cm³/mol. The number of benzene rings is 4. The number of thiazole rings is 1. The van der Waals surface area contributed by atoms with Crippen LogP contribution in [0.2, 0.25) is 0 Å². The van der Waals surface area contributed by atoms with Crippen molar-refractivity contribution in [3.05, 3.63) is 131 Å². The van der Waals surface area contributed by atoms with Crippen molar-refractivity contribution in [2.45, 2.75) is 17.2 Å². The van der Waals surface area contributed by atoms with Crippen LogP contribution in [0, 0.1) is 6.92 Å². The minimum absolute atomic E-state index is 0.108. The molecule has 0 saturated carbocycles. The van der Waals surface area contributed by atoms with Gasteiger partial charge in [-0.05, 0) is 30.7 Å². The summed E-state index contributed by atoms with van der Waals surface area (Å²) in [7, 11) is 0. The number of amides is 1. The van der Waals surface area contributed by atoms with Crippen molar-refractivity contribution >= 4 is 51.2 Å². The molecule has 2 heterocycles. The number of para-hydroxylation sites is 2. The number of hydrogen-bond acceptors (Lipinski definition) is 6. The Morgan fingerprint density at radius 2 is 1.72 bits per heavy atom. The van der Waals surface area contributed by atoms with E-state index < -0.39 is 0 Å². The van der Waals surface area contributed by atoms with Crippen LogP contribution in [0.4, 0.5) is 0 Å². The molecule has 1 unspecified atom stereocenters. The Balaban J connectivity index is 1.29. The third-order valence-corrected chi connectivity index (χ3v) is 8.64. The molecular formula is C32H25N3O2S2. The lowest BCUT2D eigenvalue weighted by molar-refractivity contribution is -0.118. The van der Waals surface area contributed by atoms with Gasteiger partial charge >= 0.3 is 0 Å². The van der Waals surface area contributed by atoms with Gasteiger partial charge in [-0.3, -0.25) is 4.79 Å². The fourth-order valence-electron chi connectivity index (χ4n) is 4.59. The van der Waals surface area contributed by atoms with Crippen molar-refractivity contribution in [1.82, 2.24) is 10.4 Å². The van der Waals surface area contributed by atoms with Crippen LogP contribution in [0.1, 0.15) is 28.2 Å². The third kappa shape index (κ3) is 5.50. The zero-order valence-electron chi connectivity index (χ0n) is 21.2. The Morgan fingerprint density at radius 3 is 2.54 bits per heavy atom. The Morgan fingerprint density at radius 1 is 0.974 bits per heavy atom. The van der Waals surface area contributed by atoms with E-state index in [4.69, 9.17) is 4.74 Å². The third-order valence-electron chi connectivity index (χ3n) is 6.46. The molecule has 0 radical (unpaired) electrons. The lowest BCUT2D eigenvalue weighted by Gasteiger charge is -2.30. The molecule has 192 valence electrons. The van der Waals surface area contributed by atoms with E-state index in [0.29, 0.717) is 0 Å². The maximum absolute atomic E-state index is 12.7. The molecule has 0 bridgehead atoms. The van der Waals surface area contributed by atoms with Gasteiger partial charge in [0.1, 0.15) is 11.5 Å². The second-order valence-corrected chi connectivity index (χ2v) is 11.4. The molecule has 39 heavy (non-hydrogen) atoms. The predicted octanol–water partition coefficient (Wildman–Crippen LogP) is 7.43. The molecule has 0 aliphatic carbocycles. The van der Waals surface area contributed by atoms with E-state index in [0.717, 1.165) is 48.3 Å². The van der Waals surface area contributed by atoms with Crippen LogP contribution in [0.15, 0.2) is 118 Å². The largest absolute Gasteiger partial charge is 0.456 e. The summed E-state index contributed by atoms with van der Waals surface area (Å²) in [4.78, 5) is 17.3. The van der Waals surface area contributed by atoms with Gasteiger partial charge in [-0.15, -0.1) is 11.3 Å². The average molecular weight is 548 g/mol. The van der Waals surface area contributed by atoms with Crippen LogP contribution in [-0.2, 0) is 4.79 Å². The first-order chi connectivity index (χ1) is 19.2. The van der Waals surface area contributed by atoms with E-state index in [-0.39, 0.29) is 17.6 Å². The number of aromatic nitrogens is 1. The first-order valence-electron chi connectivity index (χ1n) is 12.6. The molecule has 0 fully saturated rings. The van der Waals surface area contributed by atoms with Crippen molar-refractivity contribution in [2.24, 2.45) is 5.10 Å². The fourth-order valence-corrected chi connectivity index (χ4v) is 6.45. The zero-order chi connectivity index (χ0) is 26.6. The highest BCUT2D eigenvalue weighted by Gasteiger charge is 2.30. The molecule has 1 aromatic heterocycles. The molecule has 4 aromatic carbocycles. The molecule has 1 aliphatic heterocycles. The number of allylic oxidation sites excluding steroid dienone is 1. The van der Waals surface area contributed by atoms with Crippen LogP contribution < -0.4 is 10.2 Å². The van der Waals surface area contributed by atoms with E-state index in [1.807, 2.05) is 72.8 Å². The number of carbonyl (C=O) groups excluding carboxylic acids is 1. The summed E-state index contributed by atoms with van der Waals surface area (Å²) in [6, 6.07) is 34.6. The van der Waals surface area contributed by atoms with E-state index in [9.17, 15) is 4.79 Å². The Bertz CT molecular complexity index is 1660. The van der Waals surface area contributed by atoms with Crippen molar-refractivity contribution in [3.63, 3.8) is 0 Å². The van der Waals surface area contributed by atoms with Gasteiger partial charge in [-0.1, -0.05) is 102 Å². The maximum Gasteiger partial charge on any atom is 0.250 e. The lowest BCUT2D eigenvalue weighted by Crippen LogP contribution is -2.22. The van der Waals surface area contributed by atoms with Crippen molar-refractivity contribution in [3.8, 4) is 5.75 Å². The molecule has 1 amide bonds. The standard InChI is InChI=1S/C32H25N3O2S2/c1-21-15-17-22(18-16-21)30-24-11-5-7-13-27(24)37-31(23-9-3-2-4-10-23)25(30)19-33-35-29(36)20-38-32-34-26-12-6-8-14-28(26)39-32/h2-19,30H,20H2,1H3,(H,35,36). The molecule has 7 heteroatoms. The number of hydrogen-bond donors (Lipinski definition) is 1. The smallest absolute Gasteiger partial charge is 0.250 e. The van der Waals surface area contributed by atoms with E-state index in [1.54, 1.807) is 17.6 Å². The van der Waals surface area contributed by atoms with Crippen LogP contribution in [0.25, 0.3) is 16.0 Å². The summed E-state index contributed by atoms with van der Waals surface area (Å²) in [6.45, 7) is 2.08. The van der Waals surface area contributed by atoms with Crippen LogP contribution in [0.5, 0.6) is 5.75 Å². The number of nitrogens with zero attached hydrogens (tertiary/aromatic N) is 2. The Hall–Kier alpha value is -4.20. The van der Waals surface area contributed by atoms with Gasteiger partial charge in [0.05, 0.1) is 22.2 Å². The normalized spacial score (nSPS) is 14.8. The quantitative estimate of drug-likeness (QED) is 0.131. The van der Waals surface area contributed by atoms with Crippen molar-refractivity contribution in [1.29, 1.82) is 0 Å². The van der Waals surface area contributed by atoms with Gasteiger partial charge in [0.15, 0.2) is 4.34 Å². The summed E-state index contributed by atoms with van der Waals surface area (Å²) >= 11 is 3.00. The average Bonchev–Trinajstić information content (AvgIpc) is 3.40. The second kappa shape index (κ2) is 11.3. The number of ether oxygens (including phenoxy) is 1. The molecule has 5 aromatic rings. The molecule has 6 rings (SSSR count). The number of thioether (sulfide) groups is 1. The van der Waals surface area contributed by atoms with Gasteiger partial charge in [0.2, 0.25) is 0 Å². The fraction of sp³-hybridized carbons (Fsp3) is 0.0938. The molecule has 0 saturated heterocycles. The van der Waals surface area contributed by atoms with Crippen LogP contribution in [0.3, 0.4) is 0 Å². The lowest BCUT2D eigenvalue weighted by atomic mass is 9.81. The highest BCUT2D eigenvalue weighted by Crippen LogP contribution is 2.45. The maximum atomic E-state index is 12.7. The second-order valence-electron chi connectivity index (χ2n) is 9.16. The Kier molecular flexibility index (Phi) is 7.25. The Labute approximate surface area is 235 Å². The first-order valence-corrected chi connectivity index (χ1v) is 14.4. The SMILES string of the molecule is Cc1ccc(C2C(C=NNC(=O)CSc3nc4ccccc4s3)=C(c3ccccc3)Oc3ccccc32)cc1. The van der Waals surface area contributed by atoms with E-state index in [1.165, 1.54) is 17.3 Å². The highest BCUT2D eigenvalue weighted by molar-refractivity contribution is 8.01. The number of fused-ring (bicyclic) bond motifs is 2. The summed E-state index contributed by atoms with van der Waals surface area (Å²) in [5.41, 5.74) is 8.86. The highest BCUT2D eigenvalue weighted by atomic mass is 32.2.